The van der Waals surface area contributed by atoms with Crippen LogP contribution in [0.2, 0.25) is 0 Å². The first-order chi connectivity index (χ1) is 9.03. The number of benzene rings is 1. The maximum atomic E-state index is 9.51. The van der Waals surface area contributed by atoms with Crippen molar-refractivity contribution in [3.63, 3.8) is 0 Å². The van der Waals surface area contributed by atoms with Crippen molar-refractivity contribution in [2.24, 2.45) is 11.3 Å². The molecule has 0 radical (unpaired) electrons. The van der Waals surface area contributed by atoms with Crippen LogP contribution in [-0.4, -0.2) is 24.9 Å². The predicted octanol–water partition coefficient (Wildman–Crippen LogP) is 3.51. The summed E-state index contributed by atoms with van der Waals surface area (Å²) < 4.78 is 11.3. The van der Waals surface area contributed by atoms with Crippen LogP contribution in [0.3, 0.4) is 0 Å². The highest BCUT2D eigenvalue weighted by Crippen LogP contribution is 2.32. The summed E-state index contributed by atoms with van der Waals surface area (Å²) in [5.41, 5.74) is -0.0967. The van der Waals surface area contributed by atoms with Gasteiger partial charge in [0.1, 0.15) is 0 Å². The lowest BCUT2D eigenvalue weighted by molar-refractivity contribution is 0.0686. The fraction of sp³-hybridized carbons (Fsp3) is 0.625. The number of ether oxygens (including phenoxy) is 2. The Labute approximate surface area is 116 Å². The predicted molar refractivity (Wildman–Crippen MR) is 77.8 cm³/mol. The van der Waals surface area contributed by atoms with Gasteiger partial charge >= 0.3 is 0 Å². The Kier molecular flexibility index (Phi) is 6.16. The van der Waals surface area contributed by atoms with E-state index >= 15 is 0 Å². The van der Waals surface area contributed by atoms with Crippen molar-refractivity contribution >= 4 is 0 Å². The van der Waals surface area contributed by atoms with E-state index in [-0.39, 0.29) is 12.0 Å². The third-order valence-electron chi connectivity index (χ3n) is 3.83. The molecule has 0 saturated heterocycles. The van der Waals surface area contributed by atoms with Crippen LogP contribution in [0.25, 0.3) is 0 Å². The highest BCUT2D eigenvalue weighted by Gasteiger charge is 2.27. The summed E-state index contributed by atoms with van der Waals surface area (Å²) in [4.78, 5) is 0. The number of aliphatic hydroxyl groups is 1. The molecular weight excluding hydrogens is 240 g/mol. The molecule has 0 aromatic heterocycles. The minimum atomic E-state index is -0.0967. The van der Waals surface area contributed by atoms with Gasteiger partial charge in [0.05, 0.1) is 13.2 Å². The minimum absolute atomic E-state index is 0.0967. The average Bonchev–Trinajstić information content (AvgIpc) is 2.40. The van der Waals surface area contributed by atoms with E-state index in [1.807, 2.05) is 31.2 Å². The molecule has 3 nitrogen and oxygen atoms in total. The van der Waals surface area contributed by atoms with Gasteiger partial charge in [-0.15, -0.1) is 0 Å². The van der Waals surface area contributed by atoms with Gasteiger partial charge in [-0.1, -0.05) is 32.9 Å². The van der Waals surface area contributed by atoms with Gasteiger partial charge in [-0.25, -0.2) is 0 Å². The largest absolute Gasteiger partial charge is 0.490 e. The fourth-order valence-electron chi connectivity index (χ4n) is 1.79. The molecule has 0 bridgehead atoms. The van der Waals surface area contributed by atoms with E-state index in [1.165, 1.54) is 0 Å². The monoisotopic (exact) mass is 266 g/mol. The molecule has 1 unspecified atom stereocenters. The Morgan fingerprint density at radius 3 is 2.21 bits per heavy atom. The molecule has 0 amide bonds. The van der Waals surface area contributed by atoms with E-state index < -0.39 is 0 Å². The van der Waals surface area contributed by atoms with Gasteiger partial charge in [0.15, 0.2) is 11.5 Å². The molecule has 1 rings (SSSR count). The van der Waals surface area contributed by atoms with Crippen molar-refractivity contribution in [2.75, 3.05) is 19.8 Å². The van der Waals surface area contributed by atoms with Crippen LogP contribution in [0.1, 0.15) is 34.1 Å². The SMILES string of the molecule is CCOc1ccccc1OCCC(C)(CO)C(C)C. The number of para-hydroxylation sites is 2. The first-order valence-corrected chi connectivity index (χ1v) is 6.99. The van der Waals surface area contributed by atoms with E-state index in [9.17, 15) is 5.11 Å². The lowest BCUT2D eigenvalue weighted by Crippen LogP contribution is -2.30. The molecular formula is C16H26O3. The Morgan fingerprint density at radius 1 is 1.16 bits per heavy atom. The van der Waals surface area contributed by atoms with Crippen molar-refractivity contribution in [1.82, 2.24) is 0 Å². The Balaban J connectivity index is 2.58. The number of hydrogen-bond donors (Lipinski definition) is 1. The van der Waals surface area contributed by atoms with Gasteiger partial charge in [-0.3, -0.25) is 0 Å². The molecule has 1 aromatic carbocycles. The Bertz CT molecular complexity index is 376. The first-order valence-electron chi connectivity index (χ1n) is 6.99. The molecule has 19 heavy (non-hydrogen) atoms. The average molecular weight is 266 g/mol. The van der Waals surface area contributed by atoms with Gasteiger partial charge in [0, 0.05) is 6.61 Å². The van der Waals surface area contributed by atoms with Crippen LogP contribution < -0.4 is 9.47 Å². The highest BCUT2D eigenvalue weighted by atomic mass is 16.5. The molecule has 0 aliphatic rings. The third-order valence-corrected chi connectivity index (χ3v) is 3.83. The zero-order chi connectivity index (χ0) is 14.3. The Morgan fingerprint density at radius 2 is 1.74 bits per heavy atom. The lowest BCUT2D eigenvalue weighted by Gasteiger charge is -2.31. The second kappa shape index (κ2) is 7.39. The van der Waals surface area contributed by atoms with Gasteiger partial charge in [-0.05, 0) is 36.8 Å². The minimum Gasteiger partial charge on any atom is -0.490 e. The molecule has 0 fully saturated rings. The van der Waals surface area contributed by atoms with Gasteiger partial charge in [-0.2, -0.15) is 0 Å². The standard InChI is InChI=1S/C16H26O3/c1-5-18-14-8-6-7-9-15(14)19-11-10-16(4,12-17)13(2)3/h6-9,13,17H,5,10-12H2,1-4H3. The Hall–Kier alpha value is -1.22. The van der Waals surface area contributed by atoms with Crippen molar-refractivity contribution in [1.29, 1.82) is 0 Å². The van der Waals surface area contributed by atoms with Crippen molar-refractivity contribution in [3.05, 3.63) is 24.3 Å². The third kappa shape index (κ3) is 4.43. The zero-order valence-corrected chi connectivity index (χ0v) is 12.5. The number of aliphatic hydroxyl groups excluding tert-OH is 1. The highest BCUT2D eigenvalue weighted by molar-refractivity contribution is 5.39. The maximum Gasteiger partial charge on any atom is 0.161 e. The summed E-state index contributed by atoms with van der Waals surface area (Å²) in [5.74, 6) is 1.97. The summed E-state index contributed by atoms with van der Waals surface area (Å²) in [6, 6.07) is 7.69. The van der Waals surface area contributed by atoms with E-state index in [1.54, 1.807) is 0 Å². The van der Waals surface area contributed by atoms with Crippen LogP contribution >= 0.6 is 0 Å². The molecule has 1 aromatic rings. The molecule has 0 aliphatic heterocycles. The molecule has 108 valence electrons. The first kappa shape index (κ1) is 15.8. The normalized spacial score (nSPS) is 14.2. The van der Waals surface area contributed by atoms with Crippen LogP contribution in [0.4, 0.5) is 0 Å². The number of hydrogen-bond acceptors (Lipinski definition) is 3. The van der Waals surface area contributed by atoms with Crippen molar-refractivity contribution in [3.8, 4) is 11.5 Å². The summed E-state index contributed by atoms with van der Waals surface area (Å²) >= 11 is 0. The molecule has 0 heterocycles. The van der Waals surface area contributed by atoms with Gasteiger partial charge < -0.3 is 14.6 Å². The van der Waals surface area contributed by atoms with E-state index in [4.69, 9.17) is 9.47 Å². The van der Waals surface area contributed by atoms with Crippen molar-refractivity contribution < 1.29 is 14.6 Å². The van der Waals surface area contributed by atoms with Crippen molar-refractivity contribution in [2.45, 2.75) is 34.1 Å². The van der Waals surface area contributed by atoms with Crippen LogP contribution in [0.15, 0.2) is 24.3 Å². The van der Waals surface area contributed by atoms with Crippen LogP contribution in [-0.2, 0) is 0 Å². The summed E-state index contributed by atoms with van der Waals surface area (Å²) in [6.07, 6.45) is 0.821. The second-order valence-electron chi connectivity index (χ2n) is 5.45. The van der Waals surface area contributed by atoms with Gasteiger partial charge in [0.2, 0.25) is 0 Å². The molecule has 0 aliphatic carbocycles. The fourth-order valence-corrected chi connectivity index (χ4v) is 1.79. The summed E-state index contributed by atoms with van der Waals surface area (Å²) in [6.45, 7) is 9.70. The topological polar surface area (TPSA) is 38.7 Å². The second-order valence-corrected chi connectivity index (χ2v) is 5.45. The molecule has 3 heteroatoms. The van der Waals surface area contributed by atoms with Crippen LogP contribution in [0.5, 0.6) is 11.5 Å². The quantitative estimate of drug-likeness (QED) is 0.782. The summed E-state index contributed by atoms with van der Waals surface area (Å²) in [5, 5.41) is 9.51. The molecule has 0 spiro atoms. The maximum absolute atomic E-state index is 9.51. The lowest BCUT2D eigenvalue weighted by atomic mass is 9.77. The molecule has 0 saturated carbocycles. The van der Waals surface area contributed by atoms with Crippen LogP contribution in [0, 0.1) is 11.3 Å². The van der Waals surface area contributed by atoms with Gasteiger partial charge in [0.25, 0.3) is 0 Å². The van der Waals surface area contributed by atoms with E-state index in [2.05, 4.69) is 20.8 Å². The summed E-state index contributed by atoms with van der Waals surface area (Å²) in [7, 11) is 0. The smallest absolute Gasteiger partial charge is 0.161 e. The van der Waals surface area contributed by atoms with E-state index in [0.29, 0.717) is 19.1 Å². The molecule has 1 atom stereocenters. The van der Waals surface area contributed by atoms with E-state index in [0.717, 1.165) is 17.9 Å². The molecule has 1 N–H and O–H groups in total. The number of rotatable bonds is 8. The zero-order valence-electron chi connectivity index (χ0n) is 12.5.